The Bertz CT molecular complexity index is 473. The Morgan fingerprint density at radius 2 is 2.00 bits per heavy atom. The van der Waals surface area contributed by atoms with Crippen molar-refractivity contribution in [2.75, 3.05) is 5.75 Å². The molecule has 0 spiro atoms. The highest BCUT2D eigenvalue weighted by Gasteiger charge is 2.08. The van der Waals surface area contributed by atoms with Crippen LogP contribution in [0, 0.1) is 6.92 Å². The van der Waals surface area contributed by atoms with E-state index in [1.54, 1.807) is 24.2 Å². The van der Waals surface area contributed by atoms with Gasteiger partial charge in [-0.2, -0.15) is 0 Å². The van der Waals surface area contributed by atoms with Crippen molar-refractivity contribution in [2.45, 2.75) is 17.9 Å². The summed E-state index contributed by atoms with van der Waals surface area (Å²) in [5.41, 5.74) is 1.96. The molecule has 2 nitrogen and oxygen atoms in total. The number of aryl methyl sites for hydroxylation is 1. The first-order chi connectivity index (χ1) is 8.25. The average Bonchev–Trinajstić information content (AvgIpc) is 2.37. The quantitative estimate of drug-likeness (QED) is 0.840. The molecule has 0 amide bonds. The maximum Gasteiger partial charge on any atom is 0.0898 e. The van der Waals surface area contributed by atoms with Crippen LogP contribution in [0.4, 0.5) is 0 Å². The third-order valence-electron chi connectivity index (χ3n) is 2.43. The van der Waals surface area contributed by atoms with Gasteiger partial charge in [-0.1, -0.05) is 24.3 Å². The molecule has 0 saturated heterocycles. The van der Waals surface area contributed by atoms with E-state index < -0.39 is 6.10 Å². The second kappa shape index (κ2) is 5.84. The van der Waals surface area contributed by atoms with E-state index >= 15 is 0 Å². The summed E-state index contributed by atoms with van der Waals surface area (Å²) in [4.78, 5) is 5.26. The molecule has 1 atom stereocenters. The molecule has 2 aromatic rings. The van der Waals surface area contributed by atoms with Crippen LogP contribution in [0.5, 0.6) is 0 Å². The molecule has 0 fully saturated rings. The van der Waals surface area contributed by atoms with E-state index in [9.17, 15) is 5.11 Å². The summed E-state index contributed by atoms with van der Waals surface area (Å²) >= 11 is 1.65. The largest absolute Gasteiger partial charge is 0.387 e. The van der Waals surface area contributed by atoms with E-state index in [1.165, 1.54) is 4.90 Å². The molecule has 1 aromatic carbocycles. The molecule has 88 valence electrons. The Hall–Kier alpha value is -1.32. The minimum atomic E-state index is -0.465. The summed E-state index contributed by atoms with van der Waals surface area (Å²) < 4.78 is 0. The van der Waals surface area contributed by atoms with Crippen molar-refractivity contribution < 1.29 is 5.11 Å². The fraction of sp³-hybridized carbons (Fsp3) is 0.214. The summed E-state index contributed by atoms with van der Waals surface area (Å²) in [5, 5.41) is 10.0. The normalized spacial score (nSPS) is 12.4. The molecule has 3 heteroatoms. The highest BCUT2D eigenvalue weighted by Crippen LogP contribution is 2.24. The maximum absolute atomic E-state index is 10.0. The second-order valence-corrected chi connectivity index (χ2v) is 5.03. The van der Waals surface area contributed by atoms with Crippen LogP contribution in [-0.4, -0.2) is 15.8 Å². The average molecular weight is 245 g/mol. The number of pyridine rings is 1. The lowest BCUT2D eigenvalue weighted by molar-refractivity contribution is 0.203. The lowest BCUT2D eigenvalue weighted by Crippen LogP contribution is -2.01. The van der Waals surface area contributed by atoms with Gasteiger partial charge in [0.1, 0.15) is 0 Å². The number of hydrogen-bond acceptors (Lipinski definition) is 3. The lowest BCUT2D eigenvalue weighted by atomic mass is 10.1. The molecule has 2 rings (SSSR count). The van der Waals surface area contributed by atoms with Gasteiger partial charge < -0.3 is 5.11 Å². The van der Waals surface area contributed by atoms with Crippen molar-refractivity contribution in [3.8, 4) is 0 Å². The van der Waals surface area contributed by atoms with Crippen LogP contribution in [0.15, 0.2) is 53.7 Å². The van der Waals surface area contributed by atoms with Crippen LogP contribution in [0.2, 0.25) is 0 Å². The van der Waals surface area contributed by atoms with E-state index in [4.69, 9.17) is 0 Å². The predicted molar refractivity (Wildman–Crippen MR) is 71.1 cm³/mol. The summed E-state index contributed by atoms with van der Waals surface area (Å²) in [6, 6.07) is 12.1. The van der Waals surface area contributed by atoms with Crippen LogP contribution in [-0.2, 0) is 0 Å². The van der Waals surface area contributed by atoms with Crippen molar-refractivity contribution in [3.63, 3.8) is 0 Å². The summed E-state index contributed by atoms with van der Waals surface area (Å²) in [6.07, 6.45) is 3.05. The standard InChI is InChI=1S/C14H15NOS/c1-11-7-12(9-15-8-11)14(16)10-17-13-5-3-2-4-6-13/h2-9,14,16H,10H2,1H3. The Morgan fingerprint density at radius 1 is 1.24 bits per heavy atom. The number of benzene rings is 1. The molecule has 1 unspecified atom stereocenters. The SMILES string of the molecule is Cc1cncc(C(O)CSc2ccccc2)c1. The van der Waals surface area contributed by atoms with E-state index in [2.05, 4.69) is 4.98 Å². The monoisotopic (exact) mass is 245 g/mol. The van der Waals surface area contributed by atoms with Gasteiger partial charge in [0, 0.05) is 23.0 Å². The molecule has 0 aliphatic heterocycles. The number of nitrogens with zero attached hydrogens (tertiary/aromatic N) is 1. The van der Waals surface area contributed by atoms with Crippen LogP contribution in [0.25, 0.3) is 0 Å². The van der Waals surface area contributed by atoms with Crippen LogP contribution in [0.1, 0.15) is 17.2 Å². The lowest BCUT2D eigenvalue weighted by Gasteiger charge is -2.10. The van der Waals surface area contributed by atoms with Gasteiger partial charge in [0.15, 0.2) is 0 Å². The van der Waals surface area contributed by atoms with Crippen molar-refractivity contribution in [1.29, 1.82) is 0 Å². The van der Waals surface area contributed by atoms with Gasteiger partial charge in [-0.25, -0.2) is 0 Å². The van der Waals surface area contributed by atoms with Crippen molar-refractivity contribution in [2.24, 2.45) is 0 Å². The molecule has 1 N–H and O–H groups in total. The zero-order valence-electron chi connectivity index (χ0n) is 9.71. The van der Waals surface area contributed by atoms with Crippen LogP contribution < -0.4 is 0 Å². The zero-order valence-corrected chi connectivity index (χ0v) is 10.5. The molecular weight excluding hydrogens is 230 g/mol. The van der Waals surface area contributed by atoms with E-state index in [-0.39, 0.29) is 0 Å². The Kier molecular flexibility index (Phi) is 4.18. The topological polar surface area (TPSA) is 33.1 Å². The van der Waals surface area contributed by atoms with Crippen LogP contribution >= 0.6 is 11.8 Å². The van der Waals surface area contributed by atoms with Gasteiger partial charge >= 0.3 is 0 Å². The molecule has 0 aliphatic rings. The smallest absolute Gasteiger partial charge is 0.0898 e. The van der Waals surface area contributed by atoms with Gasteiger partial charge in [-0.05, 0) is 30.2 Å². The number of aromatic nitrogens is 1. The maximum atomic E-state index is 10.0. The summed E-state index contributed by atoms with van der Waals surface area (Å²) in [5.74, 6) is 0.648. The molecule has 0 radical (unpaired) electrons. The second-order valence-electron chi connectivity index (χ2n) is 3.94. The van der Waals surface area contributed by atoms with Crippen molar-refractivity contribution in [3.05, 3.63) is 59.9 Å². The third kappa shape index (κ3) is 3.58. The van der Waals surface area contributed by atoms with Crippen LogP contribution in [0.3, 0.4) is 0 Å². The van der Waals surface area contributed by atoms with Gasteiger partial charge in [-0.15, -0.1) is 11.8 Å². The fourth-order valence-corrected chi connectivity index (χ4v) is 2.44. The first kappa shape index (κ1) is 12.1. The number of thioether (sulfide) groups is 1. The molecule has 17 heavy (non-hydrogen) atoms. The Morgan fingerprint density at radius 3 is 2.71 bits per heavy atom. The van der Waals surface area contributed by atoms with E-state index in [1.807, 2.05) is 43.3 Å². The highest BCUT2D eigenvalue weighted by molar-refractivity contribution is 7.99. The van der Waals surface area contributed by atoms with Gasteiger partial charge in [-0.3, -0.25) is 4.98 Å². The zero-order chi connectivity index (χ0) is 12.1. The highest BCUT2D eigenvalue weighted by atomic mass is 32.2. The molecular formula is C14H15NOS. The Labute approximate surface area is 106 Å². The number of aliphatic hydroxyl groups is 1. The third-order valence-corrected chi connectivity index (χ3v) is 3.52. The molecule has 0 saturated carbocycles. The summed E-state index contributed by atoms with van der Waals surface area (Å²) in [6.45, 7) is 1.98. The molecule has 1 aromatic heterocycles. The van der Waals surface area contributed by atoms with Gasteiger partial charge in [0.2, 0.25) is 0 Å². The van der Waals surface area contributed by atoms with Crippen molar-refractivity contribution >= 4 is 11.8 Å². The minimum Gasteiger partial charge on any atom is -0.387 e. The number of rotatable bonds is 4. The van der Waals surface area contributed by atoms with Gasteiger partial charge in [0.25, 0.3) is 0 Å². The number of aliphatic hydroxyl groups excluding tert-OH is 1. The first-order valence-corrected chi connectivity index (χ1v) is 6.52. The van der Waals surface area contributed by atoms with Crippen molar-refractivity contribution in [1.82, 2.24) is 4.98 Å². The Balaban J connectivity index is 1.96. The molecule has 0 aliphatic carbocycles. The fourth-order valence-electron chi connectivity index (χ4n) is 1.55. The molecule has 1 heterocycles. The predicted octanol–water partition coefficient (Wildman–Crippen LogP) is 3.22. The summed E-state index contributed by atoms with van der Waals surface area (Å²) in [7, 11) is 0. The van der Waals surface area contributed by atoms with E-state index in [0.717, 1.165) is 11.1 Å². The minimum absolute atomic E-state index is 0.465. The first-order valence-electron chi connectivity index (χ1n) is 5.53. The molecule has 0 bridgehead atoms. The number of hydrogen-bond donors (Lipinski definition) is 1. The van der Waals surface area contributed by atoms with Gasteiger partial charge in [0.05, 0.1) is 6.10 Å². The van der Waals surface area contributed by atoms with E-state index in [0.29, 0.717) is 5.75 Å².